The summed E-state index contributed by atoms with van der Waals surface area (Å²) in [4.78, 5) is 25.6. The van der Waals surface area contributed by atoms with Crippen molar-refractivity contribution in [3.8, 4) is 11.5 Å². The van der Waals surface area contributed by atoms with E-state index in [-0.39, 0.29) is 27.2 Å². The summed E-state index contributed by atoms with van der Waals surface area (Å²) in [5, 5.41) is 18.8. The molecule has 1 fully saturated rings. The summed E-state index contributed by atoms with van der Waals surface area (Å²) >= 11 is 6.40. The SMILES string of the molecule is COc1cccc(/C=C2\SC(=S)N(c3ccc(O)c(C(=O)O)c3)C2=O)c1. The third-order valence-corrected chi connectivity index (χ3v) is 4.96. The van der Waals surface area contributed by atoms with Crippen LogP contribution in [0.4, 0.5) is 5.69 Å². The molecule has 0 radical (unpaired) electrons. The number of anilines is 1. The second-order valence-corrected chi connectivity index (χ2v) is 6.98. The standard InChI is InChI=1S/C18H13NO5S2/c1-24-12-4-2-3-10(7-12)8-15-16(21)19(18(25)26-15)11-5-6-14(20)13(9-11)17(22)23/h2-9,20H,1H3,(H,22,23)/b15-8-. The van der Waals surface area contributed by atoms with Crippen LogP contribution in [-0.2, 0) is 4.79 Å². The van der Waals surface area contributed by atoms with E-state index in [1.54, 1.807) is 25.3 Å². The highest BCUT2D eigenvalue weighted by molar-refractivity contribution is 8.27. The Bertz CT molecular complexity index is 954. The number of carboxylic acids is 1. The molecule has 0 spiro atoms. The number of carbonyl (C=O) groups is 2. The Morgan fingerprint density at radius 1 is 1.27 bits per heavy atom. The molecular formula is C18H13NO5S2. The number of carboxylic acid groups (broad SMARTS) is 1. The van der Waals surface area contributed by atoms with E-state index in [1.807, 2.05) is 12.1 Å². The van der Waals surface area contributed by atoms with Crippen LogP contribution in [0.3, 0.4) is 0 Å². The number of thioether (sulfide) groups is 1. The lowest BCUT2D eigenvalue weighted by molar-refractivity contribution is -0.113. The van der Waals surface area contributed by atoms with Crippen molar-refractivity contribution in [2.75, 3.05) is 12.0 Å². The molecule has 1 heterocycles. The Balaban J connectivity index is 1.95. The van der Waals surface area contributed by atoms with Crippen molar-refractivity contribution in [1.29, 1.82) is 0 Å². The highest BCUT2D eigenvalue weighted by Gasteiger charge is 2.34. The van der Waals surface area contributed by atoms with E-state index >= 15 is 0 Å². The zero-order valence-corrected chi connectivity index (χ0v) is 15.1. The summed E-state index contributed by atoms with van der Waals surface area (Å²) < 4.78 is 5.45. The highest BCUT2D eigenvalue weighted by atomic mass is 32.2. The second-order valence-electron chi connectivity index (χ2n) is 5.30. The first-order valence-corrected chi connectivity index (χ1v) is 8.61. The second kappa shape index (κ2) is 7.19. The van der Waals surface area contributed by atoms with Gasteiger partial charge in [0.05, 0.1) is 17.7 Å². The monoisotopic (exact) mass is 387 g/mol. The van der Waals surface area contributed by atoms with Crippen LogP contribution in [0.5, 0.6) is 11.5 Å². The number of aromatic carboxylic acids is 1. The molecule has 0 unspecified atom stereocenters. The van der Waals surface area contributed by atoms with Crippen molar-refractivity contribution in [2.24, 2.45) is 0 Å². The van der Waals surface area contributed by atoms with E-state index in [0.29, 0.717) is 10.7 Å². The van der Waals surface area contributed by atoms with Gasteiger partial charge in [0.2, 0.25) is 0 Å². The third kappa shape index (κ3) is 3.42. The summed E-state index contributed by atoms with van der Waals surface area (Å²) in [6.07, 6.45) is 1.69. The van der Waals surface area contributed by atoms with Crippen LogP contribution in [0.15, 0.2) is 47.4 Å². The highest BCUT2D eigenvalue weighted by Crippen LogP contribution is 2.37. The minimum absolute atomic E-state index is 0.283. The van der Waals surface area contributed by atoms with Crippen LogP contribution in [0.2, 0.25) is 0 Å². The maximum atomic E-state index is 12.7. The number of amides is 1. The predicted octanol–water partition coefficient (Wildman–Crippen LogP) is 3.50. The van der Waals surface area contributed by atoms with E-state index in [2.05, 4.69) is 0 Å². The topological polar surface area (TPSA) is 87.1 Å². The average molecular weight is 387 g/mol. The smallest absolute Gasteiger partial charge is 0.339 e. The quantitative estimate of drug-likeness (QED) is 0.613. The summed E-state index contributed by atoms with van der Waals surface area (Å²) in [5.41, 5.74) is 0.770. The third-order valence-electron chi connectivity index (χ3n) is 3.65. The fourth-order valence-corrected chi connectivity index (χ4v) is 3.71. The van der Waals surface area contributed by atoms with E-state index in [1.165, 1.54) is 23.1 Å². The van der Waals surface area contributed by atoms with Gasteiger partial charge in [-0.1, -0.05) is 36.1 Å². The van der Waals surface area contributed by atoms with Crippen LogP contribution in [-0.4, -0.2) is 33.5 Å². The van der Waals surface area contributed by atoms with Crippen LogP contribution < -0.4 is 9.64 Å². The van der Waals surface area contributed by atoms with Crippen LogP contribution in [0, 0.1) is 0 Å². The number of phenols is 1. The number of thiocarbonyl (C=S) groups is 1. The molecule has 2 N–H and O–H groups in total. The van der Waals surface area contributed by atoms with E-state index < -0.39 is 5.97 Å². The molecule has 0 aromatic heterocycles. The van der Waals surface area contributed by atoms with Crippen LogP contribution in [0.1, 0.15) is 15.9 Å². The summed E-state index contributed by atoms with van der Waals surface area (Å²) in [6.45, 7) is 0. The number of hydrogen-bond acceptors (Lipinski definition) is 6. The van der Waals surface area contributed by atoms with Gasteiger partial charge in [-0.2, -0.15) is 0 Å². The largest absolute Gasteiger partial charge is 0.507 e. The number of ether oxygens (including phenoxy) is 1. The maximum Gasteiger partial charge on any atom is 0.339 e. The number of benzene rings is 2. The lowest BCUT2D eigenvalue weighted by Crippen LogP contribution is -2.27. The average Bonchev–Trinajstić information content (AvgIpc) is 2.89. The molecule has 0 aliphatic carbocycles. The van der Waals surface area contributed by atoms with E-state index in [4.69, 9.17) is 22.1 Å². The van der Waals surface area contributed by atoms with Crippen molar-refractivity contribution >= 4 is 51.9 Å². The lowest BCUT2D eigenvalue weighted by atomic mass is 10.1. The lowest BCUT2D eigenvalue weighted by Gasteiger charge is -2.15. The molecule has 132 valence electrons. The van der Waals surface area contributed by atoms with Crippen molar-refractivity contribution in [1.82, 2.24) is 0 Å². The first kappa shape index (κ1) is 18.0. The zero-order chi connectivity index (χ0) is 18.8. The predicted molar refractivity (Wildman–Crippen MR) is 104 cm³/mol. The number of methoxy groups -OCH3 is 1. The molecular weight excluding hydrogens is 374 g/mol. The minimum atomic E-state index is -1.29. The minimum Gasteiger partial charge on any atom is -0.507 e. The molecule has 2 aromatic rings. The van der Waals surface area contributed by atoms with Gasteiger partial charge in [-0.25, -0.2) is 4.79 Å². The fourth-order valence-electron chi connectivity index (χ4n) is 2.41. The van der Waals surface area contributed by atoms with Gasteiger partial charge in [-0.15, -0.1) is 0 Å². The van der Waals surface area contributed by atoms with Crippen LogP contribution >= 0.6 is 24.0 Å². The van der Waals surface area contributed by atoms with Gasteiger partial charge in [0.25, 0.3) is 5.91 Å². The molecule has 1 aliphatic heterocycles. The van der Waals surface area contributed by atoms with Gasteiger partial charge in [0.1, 0.15) is 17.1 Å². The van der Waals surface area contributed by atoms with Gasteiger partial charge in [-0.3, -0.25) is 9.69 Å². The molecule has 0 saturated carbocycles. The first-order chi connectivity index (χ1) is 12.4. The molecule has 3 rings (SSSR count). The Labute approximate surface area is 158 Å². The van der Waals surface area contributed by atoms with Gasteiger partial charge in [0.15, 0.2) is 4.32 Å². The summed E-state index contributed by atoms with van der Waals surface area (Å²) in [5.74, 6) is -1.36. The molecule has 0 bridgehead atoms. The zero-order valence-electron chi connectivity index (χ0n) is 13.5. The molecule has 8 heteroatoms. The number of hydrogen-bond donors (Lipinski definition) is 2. The number of carbonyl (C=O) groups excluding carboxylic acids is 1. The summed E-state index contributed by atoms with van der Waals surface area (Å²) in [7, 11) is 1.56. The van der Waals surface area contributed by atoms with Gasteiger partial charge >= 0.3 is 5.97 Å². The summed E-state index contributed by atoms with van der Waals surface area (Å²) in [6, 6.07) is 11.1. The molecule has 1 amide bonds. The maximum absolute atomic E-state index is 12.7. The Morgan fingerprint density at radius 3 is 2.73 bits per heavy atom. The Hall–Kier alpha value is -2.84. The Morgan fingerprint density at radius 2 is 2.04 bits per heavy atom. The van der Waals surface area contributed by atoms with E-state index in [0.717, 1.165) is 17.3 Å². The molecule has 2 aromatic carbocycles. The van der Waals surface area contributed by atoms with Crippen LogP contribution in [0.25, 0.3) is 6.08 Å². The van der Waals surface area contributed by atoms with Crippen molar-refractivity contribution in [2.45, 2.75) is 0 Å². The molecule has 0 atom stereocenters. The van der Waals surface area contributed by atoms with Gasteiger partial charge < -0.3 is 14.9 Å². The first-order valence-electron chi connectivity index (χ1n) is 7.39. The van der Waals surface area contributed by atoms with Gasteiger partial charge in [-0.05, 0) is 42.0 Å². The number of aromatic hydroxyl groups is 1. The van der Waals surface area contributed by atoms with Gasteiger partial charge in [0, 0.05) is 0 Å². The molecule has 1 saturated heterocycles. The van der Waals surface area contributed by atoms with E-state index in [9.17, 15) is 14.7 Å². The normalized spacial score (nSPS) is 15.6. The molecule has 26 heavy (non-hydrogen) atoms. The number of nitrogens with zero attached hydrogens (tertiary/aromatic N) is 1. The molecule has 6 nitrogen and oxygen atoms in total. The van der Waals surface area contributed by atoms with Crippen molar-refractivity contribution in [3.63, 3.8) is 0 Å². The number of rotatable bonds is 4. The van der Waals surface area contributed by atoms with Crippen molar-refractivity contribution < 1.29 is 24.5 Å². The molecule has 1 aliphatic rings. The fraction of sp³-hybridized carbons (Fsp3) is 0.0556. The Kier molecular flexibility index (Phi) is 4.97. The van der Waals surface area contributed by atoms with Crippen molar-refractivity contribution in [3.05, 3.63) is 58.5 Å².